The van der Waals surface area contributed by atoms with E-state index in [4.69, 9.17) is 9.47 Å². The Hall–Kier alpha value is -2.19. The van der Waals surface area contributed by atoms with Gasteiger partial charge in [-0.1, -0.05) is 23.8 Å². The van der Waals surface area contributed by atoms with E-state index in [9.17, 15) is 9.90 Å². The third-order valence-corrected chi connectivity index (χ3v) is 7.86. The predicted octanol–water partition coefficient (Wildman–Crippen LogP) is 4.37. The summed E-state index contributed by atoms with van der Waals surface area (Å²) < 4.78 is 12.0. The quantitative estimate of drug-likeness (QED) is 0.441. The van der Waals surface area contributed by atoms with Gasteiger partial charge in [0.2, 0.25) is 5.91 Å². The fourth-order valence-electron chi connectivity index (χ4n) is 4.95. The molecule has 1 saturated heterocycles. The Morgan fingerprint density at radius 3 is 2.94 bits per heavy atom. The van der Waals surface area contributed by atoms with Crippen molar-refractivity contribution in [2.24, 2.45) is 0 Å². The van der Waals surface area contributed by atoms with Gasteiger partial charge in [-0.15, -0.1) is 17.9 Å². The minimum atomic E-state index is -0.493. The molecular weight excluding hydrogens is 460 g/mol. The number of ether oxygens (including phenoxy) is 2. The van der Waals surface area contributed by atoms with Gasteiger partial charge in [0.25, 0.3) is 0 Å². The lowest BCUT2D eigenvalue weighted by atomic mass is 10.00. The van der Waals surface area contributed by atoms with E-state index in [0.29, 0.717) is 32.7 Å². The van der Waals surface area contributed by atoms with Crippen molar-refractivity contribution in [3.63, 3.8) is 0 Å². The summed E-state index contributed by atoms with van der Waals surface area (Å²) in [6.45, 7) is 9.08. The van der Waals surface area contributed by atoms with E-state index in [1.54, 1.807) is 11.3 Å². The predicted molar refractivity (Wildman–Crippen MR) is 140 cm³/mol. The molecular formula is C28H38N2O4S. The Labute approximate surface area is 213 Å². The summed E-state index contributed by atoms with van der Waals surface area (Å²) in [6.07, 6.45) is 5.78. The maximum atomic E-state index is 13.7. The summed E-state index contributed by atoms with van der Waals surface area (Å²) in [6, 6.07) is 10.0. The van der Waals surface area contributed by atoms with Crippen LogP contribution in [-0.4, -0.2) is 72.4 Å². The van der Waals surface area contributed by atoms with Crippen LogP contribution in [0.1, 0.15) is 47.7 Å². The summed E-state index contributed by atoms with van der Waals surface area (Å²) in [7, 11) is 0. The van der Waals surface area contributed by atoms with E-state index in [0.717, 1.165) is 38.0 Å². The molecule has 3 unspecified atom stereocenters. The summed E-state index contributed by atoms with van der Waals surface area (Å²) in [4.78, 5) is 19.1. The van der Waals surface area contributed by atoms with Crippen molar-refractivity contribution < 1.29 is 19.4 Å². The Balaban J connectivity index is 1.45. The highest BCUT2D eigenvalue weighted by molar-refractivity contribution is 7.10. The second-order valence-electron chi connectivity index (χ2n) is 9.63. The molecule has 1 amide bonds. The molecule has 7 heteroatoms. The van der Waals surface area contributed by atoms with Crippen LogP contribution in [0.2, 0.25) is 0 Å². The van der Waals surface area contributed by atoms with Gasteiger partial charge in [-0.3, -0.25) is 9.69 Å². The molecule has 6 nitrogen and oxygen atoms in total. The van der Waals surface area contributed by atoms with E-state index in [2.05, 4.69) is 29.8 Å². The average molecular weight is 499 g/mol. The van der Waals surface area contributed by atoms with Gasteiger partial charge in [0, 0.05) is 31.1 Å². The lowest BCUT2D eigenvalue weighted by molar-refractivity contribution is -0.136. The minimum absolute atomic E-state index is 0.0771. The van der Waals surface area contributed by atoms with Gasteiger partial charge in [-0.05, 0) is 68.2 Å². The van der Waals surface area contributed by atoms with Crippen molar-refractivity contribution in [2.75, 3.05) is 39.4 Å². The minimum Gasteiger partial charge on any atom is -0.491 e. The molecule has 0 radical (unpaired) electrons. The fourth-order valence-corrected chi connectivity index (χ4v) is 5.87. The first kappa shape index (κ1) is 25.9. The highest BCUT2D eigenvalue weighted by Gasteiger charge is 2.33. The van der Waals surface area contributed by atoms with Crippen LogP contribution >= 0.6 is 11.3 Å². The third-order valence-electron chi connectivity index (χ3n) is 6.86. The lowest BCUT2D eigenvalue weighted by Gasteiger charge is -2.37. The molecule has 2 aromatic rings. The Morgan fingerprint density at radius 2 is 2.20 bits per heavy atom. The van der Waals surface area contributed by atoms with Crippen LogP contribution < -0.4 is 4.74 Å². The van der Waals surface area contributed by atoms with Gasteiger partial charge < -0.3 is 19.5 Å². The Morgan fingerprint density at radius 1 is 1.37 bits per heavy atom. The number of aryl methyl sites for hydroxylation is 1. The molecule has 0 bridgehead atoms. The molecule has 3 atom stereocenters. The molecule has 0 saturated carbocycles. The van der Waals surface area contributed by atoms with E-state index in [1.165, 1.54) is 16.0 Å². The largest absolute Gasteiger partial charge is 0.491 e. The second-order valence-corrected chi connectivity index (χ2v) is 10.6. The number of rotatable bonds is 12. The number of hydrogen-bond acceptors (Lipinski definition) is 6. The Bertz CT molecular complexity index is 954. The smallest absolute Gasteiger partial charge is 0.237 e. The number of hydrogen-bond donors (Lipinski definition) is 1. The van der Waals surface area contributed by atoms with Crippen molar-refractivity contribution >= 4 is 17.2 Å². The number of allylic oxidation sites excluding steroid dienone is 1. The van der Waals surface area contributed by atoms with Crippen molar-refractivity contribution in [1.29, 1.82) is 0 Å². The first-order chi connectivity index (χ1) is 17.0. The van der Waals surface area contributed by atoms with E-state index < -0.39 is 6.10 Å². The van der Waals surface area contributed by atoms with Crippen LogP contribution in [0.15, 0.2) is 48.4 Å². The number of carbonyl (C=O) groups is 1. The number of benzene rings is 1. The lowest BCUT2D eigenvalue weighted by Crippen LogP contribution is -2.49. The molecule has 4 rings (SSSR count). The normalized spacial score (nSPS) is 20.6. The van der Waals surface area contributed by atoms with Crippen LogP contribution in [-0.2, 0) is 16.0 Å². The van der Waals surface area contributed by atoms with Crippen molar-refractivity contribution in [1.82, 2.24) is 9.80 Å². The molecule has 0 spiro atoms. The number of thiophene rings is 1. The SMILES string of the molecule is C=CCCC(O)CN(CC(=O)N1CCc2sccc2C1COc1ccc(C)cc1)CC1CCCO1. The topological polar surface area (TPSA) is 62.2 Å². The fraction of sp³-hybridized carbons (Fsp3) is 0.536. The summed E-state index contributed by atoms with van der Waals surface area (Å²) in [5.41, 5.74) is 2.38. The van der Waals surface area contributed by atoms with Crippen molar-refractivity contribution in [3.05, 3.63) is 64.4 Å². The summed E-state index contributed by atoms with van der Waals surface area (Å²) in [5.74, 6) is 0.893. The first-order valence-electron chi connectivity index (χ1n) is 12.7. The van der Waals surface area contributed by atoms with E-state index >= 15 is 0 Å². The summed E-state index contributed by atoms with van der Waals surface area (Å²) in [5, 5.41) is 12.7. The molecule has 190 valence electrons. The molecule has 0 aliphatic carbocycles. The van der Waals surface area contributed by atoms with Crippen LogP contribution in [0, 0.1) is 6.92 Å². The number of aliphatic hydroxyl groups excluding tert-OH is 1. The highest BCUT2D eigenvalue weighted by atomic mass is 32.1. The number of carbonyl (C=O) groups excluding carboxylic acids is 1. The van der Waals surface area contributed by atoms with Gasteiger partial charge in [0.05, 0.1) is 24.8 Å². The van der Waals surface area contributed by atoms with Gasteiger partial charge in [0.15, 0.2) is 0 Å². The van der Waals surface area contributed by atoms with Gasteiger partial charge in [-0.25, -0.2) is 0 Å². The maximum Gasteiger partial charge on any atom is 0.237 e. The molecule has 1 aromatic carbocycles. The second kappa shape index (κ2) is 12.7. The summed E-state index contributed by atoms with van der Waals surface area (Å²) >= 11 is 1.76. The molecule has 1 aromatic heterocycles. The van der Waals surface area contributed by atoms with Crippen LogP contribution in [0.25, 0.3) is 0 Å². The van der Waals surface area contributed by atoms with Crippen molar-refractivity contribution in [3.8, 4) is 5.75 Å². The first-order valence-corrected chi connectivity index (χ1v) is 13.6. The van der Waals surface area contributed by atoms with Gasteiger partial charge >= 0.3 is 0 Å². The zero-order valence-electron chi connectivity index (χ0n) is 20.7. The standard InChI is InChI=1S/C28H38N2O4S/c1-3-4-6-22(31)17-29(18-24-7-5-15-33-24)19-28(32)30-14-12-27-25(13-16-35-27)26(30)20-34-23-10-8-21(2)9-11-23/h3,8-11,13,16,22,24,26,31H,1,4-7,12,14-15,17-20H2,2H3. The molecule has 35 heavy (non-hydrogen) atoms. The zero-order valence-corrected chi connectivity index (χ0v) is 21.5. The number of amides is 1. The van der Waals surface area contributed by atoms with Gasteiger partial charge in [0.1, 0.15) is 12.4 Å². The highest BCUT2D eigenvalue weighted by Crippen LogP contribution is 2.34. The van der Waals surface area contributed by atoms with Crippen LogP contribution in [0.3, 0.4) is 0 Å². The van der Waals surface area contributed by atoms with Crippen LogP contribution in [0.5, 0.6) is 5.75 Å². The van der Waals surface area contributed by atoms with Gasteiger partial charge in [-0.2, -0.15) is 0 Å². The molecule has 1 fully saturated rings. The molecule has 1 N–H and O–H groups in total. The maximum absolute atomic E-state index is 13.7. The molecule has 2 aliphatic heterocycles. The third kappa shape index (κ3) is 7.17. The van der Waals surface area contributed by atoms with Crippen LogP contribution in [0.4, 0.5) is 0 Å². The molecule has 3 heterocycles. The monoisotopic (exact) mass is 498 g/mol. The van der Waals surface area contributed by atoms with Crippen molar-refractivity contribution in [2.45, 2.75) is 57.3 Å². The molecule has 2 aliphatic rings. The zero-order chi connectivity index (χ0) is 24.6. The number of nitrogens with zero attached hydrogens (tertiary/aromatic N) is 2. The average Bonchev–Trinajstić information content (AvgIpc) is 3.54. The van der Waals surface area contributed by atoms with E-state index in [-0.39, 0.29) is 24.6 Å². The number of fused-ring (bicyclic) bond motifs is 1. The Kier molecular flexibility index (Phi) is 9.38. The van der Waals surface area contributed by atoms with E-state index in [1.807, 2.05) is 35.2 Å². The number of aliphatic hydroxyl groups is 1.